The van der Waals surface area contributed by atoms with Crippen LogP contribution in [0, 0.1) is 5.92 Å². The average molecular weight is 376 g/mol. The summed E-state index contributed by atoms with van der Waals surface area (Å²) >= 11 is 0. The molecular formula is C24H29N3O. The minimum absolute atomic E-state index is 0.0229. The monoisotopic (exact) mass is 375 g/mol. The maximum atomic E-state index is 13.6. The van der Waals surface area contributed by atoms with Gasteiger partial charge in [-0.2, -0.15) is 0 Å². The van der Waals surface area contributed by atoms with Crippen LogP contribution >= 0.6 is 0 Å². The first kappa shape index (κ1) is 17.9. The highest BCUT2D eigenvalue weighted by Gasteiger charge is 2.51. The van der Waals surface area contributed by atoms with E-state index in [0.717, 1.165) is 52.1 Å². The van der Waals surface area contributed by atoms with Crippen molar-refractivity contribution >= 4 is 5.91 Å². The molecule has 0 aromatic heterocycles. The number of nitrogens with zero attached hydrogens (tertiary/aromatic N) is 1. The summed E-state index contributed by atoms with van der Waals surface area (Å²) < 4.78 is 0. The molecule has 4 heteroatoms. The SMILES string of the molecule is O=C([C@@H]1CNC[C@]12CNCc1ccccc12)N1CCC(c2ccccc2)CC1. The van der Waals surface area contributed by atoms with E-state index >= 15 is 0 Å². The van der Waals surface area contributed by atoms with E-state index in [2.05, 4.69) is 70.1 Å². The quantitative estimate of drug-likeness (QED) is 0.848. The number of benzene rings is 2. The Morgan fingerprint density at radius 2 is 1.64 bits per heavy atom. The lowest BCUT2D eigenvalue weighted by Gasteiger charge is -2.42. The van der Waals surface area contributed by atoms with Gasteiger partial charge < -0.3 is 15.5 Å². The van der Waals surface area contributed by atoms with Gasteiger partial charge in [0.2, 0.25) is 5.91 Å². The summed E-state index contributed by atoms with van der Waals surface area (Å²) in [5.74, 6) is 0.947. The van der Waals surface area contributed by atoms with E-state index in [1.807, 2.05) is 0 Å². The van der Waals surface area contributed by atoms with Crippen LogP contribution in [0.25, 0.3) is 0 Å². The number of likely N-dealkylation sites (tertiary alicyclic amines) is 1. The van der Waals surface area contributed by atoms with Crippen molar-refractivity contribution in [3.63, 3.8) is 0 Å². The summed E-state index contributed by atoms with van der Waals surface area (Å²) in [4.78, 5) is 15.7. The number of amides is 1. The lowest BCUT2D eigenvalue weighted by molar-refractivity contribution is -0.137. The number of hydrogen-bond donors (Lipinski definition) is 2. The highest BCUT2D eigenvalue weighted by atomic mass is 16.2. The maximum absolute atomic E-state index is 13.6. The Bertz CT molecular complexity index is 844. The fraction of sp³-hybridized carbons (Fsp3) is 0.458. The van der Waals surface area contributed by atoms with Crippen molar-refractivity contribution in [2.75, 3.05) is 32.7 Å². The number of fused-ring (bicyclic) bond motifs is 2. The van der Waals surface area contributed by atoms with E-state index in [9.17, 15) is 4.79 Å². The van der Waals surface area contributed by atoms with Crippen molar-refractivity contribution < 1.29 is 4.79 Å². The Balaban J connectivity index is 1.34. The Labute approximate surface area is 167 Å². The summed E-state index contributed by atoms with van der Waals surface area (Å²) in [7, 11) is 0. The second-order valence-corrected chi connectivity index (χ2v) is 8.61. The standard InChI is InChI=1S/C24H29N3O/c28-23(27-12-10-19(11-13-27)18-6-2-1-3-7-18)22-15-26-17-24(22)16-25-14-20-8-4-5-9-21(20)24/h1-9,19,22,25-26H,10-17H2/t22-,24-/m0/s1. The van der Waals surface area contributed by atoms with Crippen molar-refractivity contribution in [3.8, 4) is 0 Å². The van der Waals surface area contributed by atoms with Crippen LogP contribution in [0.1, 0.15) is 35.4 Å². The van der Waals surface area contributed by atoms with Crippen molar-refractivity contribution in [3.05, 3.63) is 71.3 Å². The van der Waals surface area contributed by atoms with Gasteiger partial charge in [-0.1, -0.05) is 54.6 Å². The van der Waals surface area contributed by atoms with Gasteiger partial charge in [-0.05, 0) is 35.4 Å². The summed E-state index contributed by atoms with van der Waals surface area (Å²) in [6.45, 7) is 5.21. The summed E-state index contributed by atoms with van der Waals surface area (Å²) in [6.07, 6.45) is 2.13. The minimum Gasteiger partial charge on any atom is -0.342 e. The molecular weight excluding hydrogens is 346 g/mol. The zero-order valence-corrected chi connectivity index (χ0v) is 16.4. The molecule has 0 radical (unpaired) electrons. The number of carbonyl (C=O) groups is 1. The van der Waals surface area contributed by atoms with Crippen LogP contribution in [0.5, 0.6) is 0 Å². The molecule has 5 rings (SSSR count). The highest BCUT2D eigenvalue weighted by molar-refractivity contribution is 5.82. The number of rotatable bonds is 2. The molecule has 1 spiro atoms. The normalized spacial score (nSPS) is 27.7. The van der Waals surface area contributed by atoms with Crippen LogP contribution < -0.4 is 10.6 Å². The van der Waals surface area contributed by atoms with E-state index in [4.69, 9.17) is 0 Å². The second kappa shape index (κ2) is 7.34. The van der Waals surface area contributed by atoms with Gasteiger partial charge in [0.15, 0.2) is 0 Å². The van der Waals surface area contributed by atoms with Gasteiger partial charge in [-0.3, -0.25) is 4.79 Å². The van der Waals surface area contributed by atoms with E-state index in [-0.39, 0.29) is 11.3 Å². The van der Waals surface area contributed by atoms with Crippen LogP contribution in [0.3, 0.4) is 0 Å². The first-order valence-electron chi connectivity index (χ1n) is 10.6. The Kier molecular flexibility index (Phi) is 4.69. The van der Waals surface area contributed by atoms with E-state index < -0.39 is 0 Å². The molecule has 4 nitrogen and oxygen atoms in total. The van der Waals surface area contributed by atoms with Crippen LogP contribution in [0.15, 0.2) is 54.6 Å². The van der Waals surface area contributed by atoms with Crippen LogP contribution in [0.2, 0.25) is 0 Å². The van der Waals surface area contributed by atoms with Crippen molar-refractivity contribution in [1.82, 2.24) is 15.5 Å². The molecule has 3 heterocycles. The molecule has 3 aliphatic rings. The zero-order chi connectivity index (χ0) is 19.0. The molecule has 0 aliphatic carbocycles. The predicted octanol–water partition coefficient (Wildman–Crippen LogP) is 2.65. The fourth-order valence-electron chi connectivity index (χ4n) is 5.60. The number of piperidine rings is 1. The van der Waals surface area contributed by atoms with Crippen LogP contribution in [0.4, 0.5) is 0 Å². The lowest BCUT2D eigenvalue weighted by Crippen LogP contribution is -2.54. The molecule has 2 atom stereocenters. The molecule has 3 aliphatic heterocycles. The van der Waals surface area contributed by atoms with E-state index in [0.29, 0.717) is 11.8 Å². The zero-order valence-electron chi connectivity index (χ0n) is 16.4. The van der Waals surface area contributed by atoms with Gasteiger partial charge >= 0.3 is 0 Å². The number of nitrogens with one attached hydrogen (secondary N) is 2. The molecule has 1 amide bonds. The minimum atomic E-state index is -0.109. The van der Waals surface area contributed by atoms with Crippen LogP contribution in [-0.2, 0) is 16.8 Å². The third-order valence-electron chi connectivity index (χ3n) is 7.14. The molecule has 146 valence electrons. The Hall–Kier alpha value is -2.17. The molecule has 0 bridgehead atoms. The molecule has 0 unspecified atom stereocenters. The molecule has 2 aromatic carbocycles. The summed E-state index contributed by atoms with van der Waals surface area (Å²) in [5, 5.41) is 7.12. The summed E-state index contributed by atoms with van der Waals surface area (Å²) in [6, 6.07) is 19.4. The smallest absolute Gasteiger partial charge is 0.227 e. The Morgan fingerprint density at radius 1 is 0.929 bits per heavy atom. The third-order valence-corrected chi connectivity index (χ3v) is 7.14. The van der Waals surface area contributed by atoms with Gasteiger partial charge in [0.25, 0.3) is 0 Å². The average Bonchev–Trinajstić information content (AvgIpc) is 3.18. The molecule has 0 saturated carbocycles. The molecule has 2 saturated heterocycles. The van der Waals surface area contributed by atoms with Gasteiger partial charge in [-0.25, -0.2) is 0 Å². The number of hydrogen-bond acceptors (Lipinski definition) is 3. The molecule has 2 fully saturated rings. The molecule has 2 aromatic rings. The maximum Gasteiger partial charge on any atom is 0.227 e. The van der Waals surface area contributed by atoms with E-state index in [1.54, 1.807) is 0 Å². The number of carbonyl (C=O) groups excluding carboxylic acids is 1. The molecule has 28 heavy (non-hydrogen) atoms. The largest absolute Gasteiger partial charge is 0.342 e. The van der Waals surface area contributed by atoms with Crippen molar-refractivity contribution in [2.45, 2.75) is 30.7 Å². The highest BCUT2D eigenvalue weighted by Crippen LogP contribution is 2.41. The van der Waals surface area contributed by atoms with Crippen LogP contribution in [-0.4, -0.2) is 43.5 Å². The fourth-order valence-corrected chi connectivity index (χ4v) is 5.60. The molecule has 2 N–H and O–H groups in total. The Morgan fingerprint density at radius 3 is 2.46 bits per heavy atom. The second-order valence-electron chi connectivity index (χ2n) is 8.61. The van der Waals surface area contributed by atoms with Gasteiger partial charge in [0.05, 0.1) is 5.92 Å². The van der Waals surface area contributed by atoms with Gasteiger partial charge in [-0.15, -0.1) is 0 Å². The lowest BCUT2D eigenvalue weighted by atomic mass is 9.68. The first-order chi connectivity index (χ1) is 13.8. The third kappa shape index (κ3) is 2.96. The van der Waals surface area contributed by atoms with Crippen molar-refractivity contribution in [2.24, 2.45) is 5.92 Å². The summed E-state index contributed by atoms with van der Waals surface area (Å²) in [5.41, 5.74) is 4.02. The van der Waals surface area contributed by atoms with Gasteiger partial charge in [0.1, 0.15) is 0 Å². The topological polar surface area (TPSA) is 44.4 Å². The van der Waals surface area contributed by atoms with Gasteiger partial charge in [0, 0.05) is 44.7 Å². The predicted molar refractivity (Wildman–Crippen MR) is 111 cm³/mol. The van der Waals surface area contributed by atoms with E-state index in [1.165, 1.54) is 16.7 Å². The first-order valence-corrected chi connectivity index (χ1v) is 10.6. The van der Waals surface area contributed by atoms with Crippen molar-refractivity contribution in [1.29, 1.82) is 0 Å².